The van der Waals surface area contributed by atoms with Gasteiger partial charge in [0.15, 0.2) is 0 Å². The molecule has 1 unspecified atom stereocenters. The molecule has 0 spiro atoms. The van der Waals surface area contributed by atoms with Crippen LogP contribution in [0, 0.1) is 5.92 Å². The molecule has 2 heterocycles. The molecule has 0 N–H and O–H groups in total. The number of carbonyl (C=O) groups excluding carboxylic acids is 1. The summed E-state index contributed by atoms with van der Waals surface area (Å²) >= 11 is 1.55. The maximum Gasteiger partial charge on any atom is 0.134 e. The zero-order valence-electron chi connectivity index (χ0n) is 10.4. The van der Waals surface area contributed by atoms with Crippen LogP contribution < -0.4 is 4.90 Å². The second-order valence-corrected chi connectivity index (χ2v) is 5.65. The normalized spacial score (nSPS) is 20.3. The van der Waals surface area contributed by atoms with E-state index < -0.39 is 0 Å². The summed E-state index contributed by atoms with van der Waals surface area (Å²) in [4.78, 5) is 13.9. The maximum absolute atomic E-state index is 11.5. The Balaban J connectivity index is 1.92. The lowest BCUT2D eigenvalue weighted by atomic mass is 9.95. The van der Waals surface area contributed by atoms with E-state index in [1.807, 2.05) is 18.2 Å². The fourth-order valence-electron chi connectivity index (χ4n) is 2.60. The average molecular weight is 260 g/mol. The van der Waals surface area contributed by atoms with Gasteiger partial charge in [0.1, 0.15) is 10.8 Å². The Kier molecular flexibility index (Phi) is 3.04. The van der Waals surface area contributed by atoms with Crippen molar-refractivity contribution in [2.24, 2.45) is 5.92 Å². The van der Waals surface area contributed by atoms with Crippen molar-refractivity contribution in [2.75, 3.05) is 18.0 Å². The van der Waals surface area contributed by atoms with Crippen LogP contribution in [0.3, 0.4) is 0 Å². The number of anilines is 1. The number of nitrogens with zero attached hydrogens (tertiary/aromatic N) is 2. The van der Waals surface area contributed by atoms with Gasteiger partial charge in [0.2, 0.25) is 0 Å². The van der Waals surface area contributed by atoms with Gasteiger partial charge in [0.05, 0.1) is 5.52 Å². The van der Waals surface area contributed by atoms with Crippen molar-refractivity contribution in [3.05, 3.63) is 24.3 Å². The molecule has 2 aromatic rings. The lowest BCUT2D eigenvalue weighted by Crippen LogP contribution is -2.37. The van der Waals surface area contributed by atoms with E-state index in [4.69, 9.17) is 0 Å². The van der Waals surface area contributed by atoms with Gasteiger partial charge < -0.3 is 4.90 Å². The molecule has 1 aromatic carbocycles. The first-order valence-electron chi connectivity index (χ1n) is 6.35. The van der Waals surface area contributed by atoms with E-state index in [0.29, 0.717) is 5.78 Å². The van der Waals surface area contributed by atoms with Crippen LogP contribution in [0.1, 0.15) is 19.8 Å². The number of ketones is 1. The fraction of sp³-hybridized carbons (Fsp3) is 0.429. The van der Waals surface area contributed by atoms with Crippen LogP contribution in [0.15, 0.2) is 24.3 Å². The van der Waals surface area contributed by atoms with E-state index in [1.54, 1.807) is 18.5 Å². The minimum absolute atomic E-state index is 0.194. The van der Waals surface area contributed by atoms with E-state index in [-0.39, 0.29) is 5.92 Å². The standard InChI is InChI=1S/C14H16N2OS/c1-10(17)11-5-4-8-16(9-11)14-12-6-2-3-7-13(12)15-18-14/h2-3,6-7,11H,4-5,8-9H2,1H3. The van der Waals surface area contributed by atoms with Crippen LogP contribution in [0.2, 0.25) is 0 Å². The topological polar surface area (TPSA) is 33.2 Å². The highest BCUT2D eigenvalue weighted by Crippen LogP contribution is 2.33. The van der Waals surface area contributed by atoms with Crippen molar-refractivity contribution >= 4 is 33.2 Å². The van der Waals surface area contributed by atoms with Gasteiger partial charge in [-0.2, -0.15) is 4.37 Å². The maximum atomic E-state index is 11.5. The number of benzene rings is 1. The van der Waals surface area contributed by atoms with E-state index >= 15 is 0 Å². The van der Waals surface area contributed by atoms with Gasteiger partial charge in [-0.25, -0.2) is 0 Å². The summed E-state index contributed by atoms with van der Waals surface area (Å²) in [5.74, 6) is 0.508. The van der Waals surface area contributed by atoms with E-state index in [9.17, 15) is 4.79 Å². The number of fused-ring (bicyclic) bond motifs is 1. The van der Waals surface area contributed by atoms with Gasteiger partial charge in [0.25, 0.3) is 0 Å². The SMILES string of the molecule is CC(=O)C1CCCN(c2snc3ccccc23)C1. The van der Waals surface area contributed by atoms with Crippen LogP contribution in [-0.2, 0) is 4.79 Å². The number of piperidine rings is 1. The van der Waals surface area contributed by atoms with Crippen LogP contribution >= 0.6 is 11.5 Å². The Morgan fingerprint density at radius 3 is 3.11 bits per heavy atom. The summed E-state index contributed by atoms with van der Waals surface area (Å²) in [6.07, 6.45) is 2.12. The largest absolute Gasteiger partial charge is 0.361 e. The Labute approximate surface area is 111 Å². The molecule has 1 aliphatic rings. The second-order valence-electron chi connectivity index (χ2n) is 4.90. The first-order chi connectivity index (χ1) is 8.75. The monoisotopic (exact) mass is 260 g/mol. The highest BCUT2D eigenvalue weighted by Gasteiger charge is 2.25. The number of aromatic nitrogens is 1. The Bertz CT molecular complexity index is 578. The molecular formula is C14H16N2OS. The highest BCUT2D eigenvalue weighted by molar-refractivity contribution is 7.11. The summed E-state index contributed by atoms with van der Waals surface area (Å²) in [6.45, 7) is 3.59. The fourth-order valence-corrected chi connectivity index (χ4v) is 3.49. The zero-order chi connectivity index (χ0) is 12.5. The highest BCUT2D eigenvalue weighted by atomic mass is 32.1. The Hall–Kier alpha value is -1.42. The minimum atomic E-state index is 0.194. The zero-order valence-corrected chi connectivity index (χ0v) is 11.2. The second kappa shape index (κ2) is 4.69. The average Bonchev–Trinajstić information content (AvgIpc) is 2.82. The number of hydrogen-bond donors (Lipinski definition) is 0. The molecule has 1 aliphatic heterocycles. The smallest absolute Gasteiger partial charge is 0.134 e. The number of hydrogen-bond acceptors (Lipinski definition) is 4. The molecule has 3 rings (SSSR count). The molecule has 1 aromatic heterocycles. The van der Waals surface area contributed by atoms with Gasteiger partial charge in [-0.3, -0.25) is 4.79 Å². The lowest BCUT2D eigenvalue weighted by Gasteiger charge is -2.32. The molecule has 1 fully saturated rings. The predicted octanol–water partition coefficient (Wildman–Crippen LogP) is 3.10. The molecule has 0 radical (unpaired) electrons. The summed E-state index contributed by atoms with van der Waals surface area (Å²) < 4.78 is 4.48. The number of Topliss-reactive ketones (excluding diaryl/α,β-unsaturated/α-hetero) is 1. The third-order valence-electron chi connectivity index (χ3n) is 3.65. The lowest BCUT2D eigenvalue weighted by molar-refractivity contribution is -0.120. The molecule has 4 heteroatoms. The Morgan fingerprint density at radius 2 is 2.28 bits per heavy atom. The van der Waals surface area contributed by atoms with E-state index in [0.717, 1.165) is 31.4 Å². The van der Waals surface area contributed by atoms with Gasteiger partial charge in [0, 0.05) is 24.4 Å². The third kappa shape index (κ3) is 2.01. The molecular weight excluding hydrogens is 244 g/mol. The number of rotatable bonds is 2. The number of carbonyl (C=O) groups is 1. The van der Waals surface area contributed by atoms with Gasteiger partial charge >= 0.3 is 0 Å². The first-order valence-corrected chi connectivity index (χ1v) is 7.13. The third-order valence-corrected chi connectivity index (χ3v) is 4.59. The quantitative estimate of drug-likeness (QED) is 0.832. The molecule has 94 valence electrons. The molecule has 3 nitrogen and oxygen atoms in total. The summed E-state index contributed by atoms with van der Waals surface area (Å²) in [7, 11) is 0. The predicted molar refractivity (Wildman–Crippen MR) is 75.2 cm³/mol. The van der Waals surface area contributed by atoms with Crippen molar-refractivity contribution < 1.29 is 4.79 Å². The summed E-state index contributed by atoms with van der Waals surface area (Å²) in [5, 5.41) is 2.43. The van der Waals surface area contributed by atoms with Gasteiger partial charge in [-0.15, -0.1) is 0 Å². The van der Waals surface area contributed by atoms with Crippen molar-refractivity contribution in [3.8, 4) is 0 Å². The van der Waals surface area contributed by atoms with Crippen molar-refractivity contribution in [3.63, 3.8) is 0 Å². The van der Waals surface area contributed by atoms with E-state index in [1.165, 1.54) is 10.4 Å². The molecule has 18 heavy (non-hydrogen) atoms. The van der Waals surface area contributed by atoms with Gasteiger partial charge in [-0.05, 0) is 43.4 Å². The summed E-state index contributed by atoms with van der Waals surface area (Å²) in [5.41, 5.74) is 1.06. The van der Waals surface area contributed by atoms with Crippen molar-refractivity contribution in [1.82, 2.24) is 4.37 Å². The molecule has 0 amide bonds. The van der Waals surface area contributed by atoms with Crippen LogP contribution in [0.25, 0.3) is 10.9 Å². The van der Waals surface area contributed by atoms with Crippen molar-refractivity contribution in [2.45, 2.75) is 19.8 Å². The molecule has 1 atom stereocenters. The van der Waals surface area contributed by atoms with Gasteiger partial charge in [-0.1, -0.05) is 12.1 Å². The van der Waals surface area contributed by atoms with Crippen LogP contribution in [-0.4, -0.2) is 23.2 Å². The molecule has 0 aliphatic carbocycles. The minimum Gasteiger partial charge on any atom is -0.361 e. The van der Waals surface area contributed by atoms with E-state index in [2.05, 4.69) is 15.3 Å². The van der Waals surface area contributed by atoms with Crippen LogP contribution in [0.4, 0.5) is 5.00 Å². The molecule has 0 saturated carbocycles. The Morgan fingerprint density at radius 1 is 1.44 bits per heavy atom. The molecule has 1 saturated heterocycles. The molecule has 0 bridgehead atoms. The first kappa shape index (κ1) is 11.7. The van der Waals surface area contributed by atoms with Crippen LogP contribution in [0.5, 0.6) is 0 Å². The summed E-state index contributed by atoms with van der Waals surface area (Å²) in [6, 6.07) is 8.22. The van der Waals surface area contributed by atoms with Crippen molar-refractivity contribution in [1.29, 1.82) is 0 Å².